The molecule has 1 atom stereocenters. The lowest BCUT2D eigenvalue weighted by Crippen LogP contribution is -2.37. The first-order chi connectivity index (χ1) is 10.0. The van der Waals surface area contributed by atoms with Gasteiger partial charge in [0.1, 0.15) is 4.88 Å². The van der Waals surface area contributed by atoms with Gasteiger partial charge in [0.05, 0.1) is 7.11 Å². The van der Waals surface area contributed by atoms with Crippen molar-refractivity contribution in [2.45, 2.75) is 45.6 Å². The van der Waals surface area contributed by atoms with E-state index in [0.29, 0.717) is 23.3 Å². The van der Waals surface area contributed by atoms with Crippen molar-refractivity contribution in [1.82, 2.24) is 4.90 Å². The molecule has 2 rings (SSSR count). The number of ether oxygens (including phenoxy) is 1. The summed E-state index contributed by atoms with van der Waals surface area (Å²) in [5, 5.41) is 0. The van der Waals surface area contributed by atoms with Crippen molar-refractivity contribution in [2.24, 2.45) is 5.92 Å². The monoisotopic (exact) mass is 309 g/mol. The summed E-state index contributed by atoms with van der Waals surface area (Å²) in [5.41, 5.74) is 0. The average molecular weight is 309 g/mol. The van der Waals surface area contributed by atoms with Crippen LogP contribution >= 0.6 is 11.3 Å². The number of thiophene rings is 1. The molecule has 1 unspecified atom stereocenters. The normalized spacial score (nSPS) is 18.6. The molecule has 0 saturated carbocycles. The van der Waals surface area contributed by atoms with Gasteiger partial charge in [-0.25, -0.2) is 4.79 Å². The number of likely N-dealkylation sites (tertiary alicyclic amines) is 1. The van der Waals surface area contributed by atoms with Crippen molar-refractivity contribution in [3.05, 3.63) is 21.9 Å². The molecular formula is C16H23NO3S. The van der Waals surface area contributed by atoms with Crippen molar-refractivity contribution in [2.75, 3.05) is 13.7 Å². The molecule has 5 heteroatoms. The van der Waals surface area contributed by atoms with E-state index in [1.165, 1.54) is 23.3 Å². The Morgan fingerprint density at radius 3 is 2.90 bits per heavy atom. The average Bonchev–Trinajstić information content (AvgIpc) is 3.06. The van der Waals surface area contributed by atoms with Crippen molar-refractivity contribution < 1.29 is 14.3 Å². The maximum Gasteiger partial charge on any atom is 0.348 e. The molecule has 1 fully saturated rings. The smallest absolute Gasteiger partial charge is 0.348 e. The third kappa shape index (κ3) is 3.84. The van der Waals surface area contributed by atoms with Gasteiger partial charge in [0.25, 0.3) is 0 Å². The van der Waals surface area contributed by atoms with Gasteiger partial charge >= 0.3 is 5.97 Å². The number of hydrogen-bond acceptors (Lipinski definition) is 4. The van der Waals surface area contributed by atoms with Gasteiger partial charge in [0.15, 0.2) is 0 Å². The molecular weight excluding hydrogens is 286 g/mol. The number of carbonyl (C=O) groups is 2. The maximum absolute atomic E-state index is 11.9. The minimum Gasteiger partial charge on any atom is -0.465 e. The zero-order valence-electron chi connectivity index (χ0n) is 12.9. The first-order valence-corrected chi connectivity index (χ1v) is 8.31. The molecule has 116 valence electrons. The molecule has 1 amide bonds. The zero-order valence-corrected chi connectivity index (χ0v) is 13.7. The number of esters is 1. The van der Waals surface area contributed by atoms with Gasteiger partial charge in [-0.15, -0.1) is 11.3 Å². The van der Waals surface area contributed by atoms with Crippen LogP contribution < -0.4 is 0 Å². The van der Waals surface area contributed by atoms with Crippen LogP contribution in [0.3, 0.4) is 0 Å². The number of methoxy groups -OCH3 is 1. The third-order valence-corrected chi connectivity index (χ3v) is 5.14. The van der Waals surface area contributed by atoms with Crippen molar-refractivity contribution in [3.63, 3.8) is 0 Å². The second-order valence-electron chi connectivity index (χ2n) is 5.80. The molecule has 0 aromatic carbocycles. The fourth-order valence-electron chi connectivity index (χ4n) is 2.89. The van der Waals surface area contributed by atoms with Gasteiger partial charge in [-0.05, 0) is 37.3 Å². The van der Waals surface area contributed by atoms with Crippen molar-refractivity contribution >= 4 is 23.2 Å². The fourth-order valence-corrected chi connectivity index (χ4v) is 3.85. The minimum atomic E-state index is -0.277. The second-order valence-corrected chi connectivity index (χ2v) is 6.97. The molecule has 0 N–H and O–H groups in total. The Balaban J connectivity index is 1.85. The summed E-state index contributed by atoms with van der Waals surface area (Å²) in [6, 6.07) is 4.18. The van der Waals surface area contributed by atoms with Crippen LogP contribution in [0.2, 0.25) is 0 Å². The Morgan fingerprint density at radius 1 is 1.48 bits per heavy atom. The predicted molar refractivity (Wildman–Crippen MR) is 83.6 cm³/mol. The lowest BCUT2D eigenvalue weighted by atomic mass is 10.0. The standard InChI is InChI=1S/C16H23NO3S/c1-11(2)13-7-9-15(18)17(13)10-4-5-12-6-8-14(21-12)16(19)20-3/h6,8,11,13H,4-5,7,9-10H2,1-3H3. The summed E-state index contributed by atoms with van der Waals surface area (Å²) in [5.74, 6) is 0.528. The van der Waals surface area contributed by atoms with E-state index in [1.54, 1.807) is 0 Å². The van der Waals surface area contributed by atoms with Gasteiger partial charge in [-0.1, -0.05) is 13.8 Å². The van der Waals surface area contributed by atoms with Crippen LogP contribution in [0.4, 0.5) is 0 Å². The maximum atomic E-state index is 11.9. The fraction of sp³-hybridized carbons (Fsp3) is 0.625. The van der Waals surface area contributed by atoms with E-state index in [4.69, 9.17) is 4.74 Å². The molecule has 0 spiro atoms. The highest BCUT2D eigenvalue weighted by atomic mass is 32.1. The number of nitrogens with zero attached hydrogens (tertiary/aromatic N) is 1. The van der Waals surface area contributed by atoms with Gasteiger partial charge in [0, 0.05) is 23.9 Å². The molecule has 0 bridgehead atoms. The van der Waals surface area contributed by atoms with Gasteiger partial charge < -0.3 is 9.64 Å². The van der Waals surface area contributed by atoms with E-state index in [-0.39, 0.29) is 11.9 Å². The van der Waals surface area contributed by atoms with E-state index >= 15 is 0 Å². The van der Waals surface area contributed by atoms with E-state index < -0.39 is 0 Å². The molecule has 0 radical (unpaired) electrons. The molecule has 4 nitrogen and oxygen atoms in total. The Hall–Kier alpha value is -1.36. The van der Waals surface area contributed by atoms with Crippen LogP contribution in [0.1, 0.15) is 47.7 Å². The number of rotatable bonds is 6. The largest absolute Gasteiger partial charge is 0.465 e. The highest BCUT2D eigenvalue weighted by Gasteiger charge is 2.32. The van der Waals surface area contributed by atoms with Crippen LogP contribution in [-0.4, -0.2) is 36.5 Å². The Labute approximate surface area is 130 Å². The molecule has 1 aromatic rings. The molecule has 1 aliphatic heterocycles. The van der Waals surface area contributed by atoms with E-state index in [2.05, 4.69) is 13.8 Å². The summed E-state index contributed by atoms with van der Waals surface area (Å²) in [6.45, 7) is 5.17. The molecule has 1 aromatic heterocycles. The highest BCUT2D eigenvalue weighted by Crippen LogP contribution is 2.26. The summed E-state index contributed by atoms with van der Waals surface area (Å²) >= 11 is 1.48. The van der Waals surface area contributed by atoms with Crippen LogP contribution in [0.5, 0.6) is 0 Å². The van der Waals surface area contributed by atoms with Crippen LogP contribution in [-0.2, 0) is 16.0 Å². The van der Waals surface area contributed by atoms with Crippen LogP contribution in [0.15, 0.2) is 12.1 Å². The van der Waals surface area contributed by atoms with E-state index in [1.807, 2.05) is 17.0 Å². The van der Waals surface area contributed by atoms with Crippen LogP contribution in [0, 0.1) is 5.92 Å². The number of amides is 1. The Kier molecular flexibility index (Phi) is 5.39. The molecule has 21 heavy (non-hydrogen) atoms. The SMILES string of the molecule is COC(=O)c1ccc(CCCN2C(=O)CCC2C(C)C)s1. The predicted octanol–water partition coefficient (Wildman–Crippen LogP) is 3.11. The van der Waals surface area contributed by atoms with Crippen molar-refractivity contribution in [3.8, 4) is 0 Å². The quantitative estimate of drug-likeness (QED) is 0.759. The molecule has 2 heterocycles. The molecule has 0 aliphatic carbocycles. The molecule has 1 aliphatic rings. The zero-order chi connectivity index (χ0) is 15.4. The lowest BCUT2D eigenvalue weighted by Gasteiger charge is -2.27. The lowest BCUT2D eigenvalue weighted by molar-refractivity contribution is -0.129. The minimum absolute atomic E-state index is 0.277. The van der Waals surface area contributed by atoms with Gasteiger partial charge in [-0.3, -0.25) is 4.79 Å². The second kappa shape index (κ2) is 7.07. The summed E-state index contributed by atoms with van der Waals surface area (Å²) in [4.78, 5) is 27.2. The van der Waals surface area contributed by atoms with Gasteiger partial charge in [0.2, 0.25) is 5.91 Å². The first-order valence-electron chi connectivity index (χ1n) is 7.49. The topological polar surface area (TPSA) is 46.6 Å². The Morgan fingerprint density at radius 2 is 2.24 bits per heavy atom. The number of hydrogen-bond donors (Lipinski definition) is 0. The number of aryl methyl sites for hydroxylation is 1. The van der Waals surface area contributed by atoms with E-state index in [9.17, 15) is 9.59 Å². The summed E-state index contributed by atoms with van der Waals surface area (Å²) in [7, 11) is 1.40. The van der Waals surface area contributed by atoms with Crippen molar-refractivity contribution in [1.29, 1.82) is 0 Å². The highest BCUT2D eigenvalue weighted by molar-refractivity contribution is 7.13. The Bertz CT molecular complexity index is 509. The van der Waals surface area contributed by atoms with E-state index in [0.717, 1.165) is 25.8 Å². The van der Waals surface area contributed by atoms with Crippen LogP contribution in [0.25, 0.3) is 0 Å². The summed E-state index contributed by atoms with van der Waals surface area (Å²) < 4.78 is 4.71. The summed E-state index contributed by atoms with van der Waals surface area (Å²) in [6.07, 6.45) is 3.52. The first kappa shape index (κ1) is 16.0. The van der Waals surface area contributed by atoms with Gasteiger partial charge in [-0.2, -0.15) is 0 Å². The number of carbonyl (C=O) groups excluding carboxylic acids is 2. The molecule has 1 saturated heterocycles. The third-order valence-electron chi connectivity index (χ3n) is 4.01.